The van der Waals surface area contributed by atoms with E-state index in [0.717, 1.165) is 0 Å². The van der Waals surface area contributed by atoms with Crippen LogP contribution >= 0.6 is 23.2 Å². The zero-order chi connectivity index (χ0) is 21.5. The number of pyridine rings is 1. The van der Waals surface area contributed by atoms with Gasteiger partial charge in [0.05, 0.1) is 10.4 Å². The number of hydrogen-bond acceptors (Lipinski definition) is 6. The molecule has 2 aliphatic rings. The number of hydrogen-bond donors (Lipinski definition) is 2. The summed E-state index contributed by atoms with van der Waals surface area (Å²) in [5, 5.41) is 3.59. The zero-order valence-electron chi connectivity index (χ0n) is 15.4. The van der Waals surface area contributed by atoms with Crippen LogP contribution in [0, 0.1) is 0 Å². The lowest BCUT2D eigenvalue weighted by Crippen LogP contribution is -2.41. The highest BCUT2D eigenvalue weighted by molar-refractivity contribution is 7.77. The maximum absolute atomic E-state index is 12.8. The van der Waals surface area contributed by atoms with Crippen LogP contribution in [0.4, 0.5) is 5.69 Å². The summed E-state index contributed by atoms with van der Waals surface area (Å²) in [4.78, 5) is 29.0. The van der Waals surface area contributed by atoms with Crippen molar-refractivity contribution in [3.63, 3.8) is 0 Å². The van der Waals surface area contributed by atoms with Crippen molar-refractivity contribution in [1.82, 2.24) is 9.71 Å². The molecule has 158 valence electrons. The van der Waals surface area contributed by atoms with Crippen molar-refractivity contribution in [3.8, 4) is 5.88 Å². The lowest BCUT2D eigenvalue weighted by Gasteiger charge is -2.35. The van der Waals surface area contributed by atoms with E-state index in [4.69, 9.17) is 27.9 Å². The maximum atomic E-state index is 12.8. The molecular formula is C19H16Cl2N3O5S-. The number of aromatic nitrogens is 1. The van der Waals surface area contributed by atoms with Crippen LogP contribution in [0.1, 0.15) is 41.6 Å². The van der Waals surface area contributed by atoms with E-state index in [1.807, 2.05) is 4.72 Å². The van der Waals surface area contributed by atoms with Crippen molar-refractivity contribution in [3.05, 3.63) is 51.6 Å². The molecule has 1 atom stereocenters. The molecule has 1 fully saturated rings. The Bertz CT molecular complexity index is 1060. The fourth-order valence-corrected chi connectivity index (χ4v) is 4.73. The number of nitrogens with zero attached hydrogens (tertiary/aromatic N) is 1. The fourth-order valence-electron chi connectivity index (χ4n) is 4.03. The number of rotatable bonds is 4. The highest BCUT2D eigenvalue weighted by Crippen LogP contribution is 2.48. The number of fused-ring (bicyclic) bond motifs is 2. The number of ether oxygens (including phenoxy) is 1. The second-order valence-corrected chi connectivity index (χ2v) is 8.74. The Labute approximate surface area is 184 Å². The van der Waals surface area contributed by atoms with Gasteiger partial charge < -0.3 is 14.6 Å². The molecule has 8 nitrogen and oxygen atoms in total. The predicted octanol–water partition coefficient (Wildman–Crippen LogP) is 3.12. The standard InChI is InChI=1S/C19H17Cl2N3O5S/c20-11-8-14(21)17(22-9-11)29-12-3-5-19(6-4-12)13-7-10(16(25)24-30(27)28)1-2-15(13)23-18(19)26/h1-2,7-9,12H,3-6H2,(H,23,26)(H,24,25)(H,27,28)/p-1. The topological polar surface area (TPSA) is 120 Å². The van der Waals surface area contributed by atoms with Gasteiger partial charge >= 0.3 is 0 Å². The van der Waals surface area contributed by atoms with E-state index in [1.165, 1.54) is 12.3 Å². The summed E-state index contributed by atoms with van der Waals surface area (Å²) < 4.78 is 29.2. The van der Waals surface area contributed by atoms with Gasteiger partial charge in [-0.3, -0.25) is 18.5 Å². The number of nitrogens with one attached hydrogen (secondary N) is 2. The van der Waals surface area contributed by atoms with Crippen molar-refractivity contribution in [2.75, 3.05) is 5.32 Å². The monoisotopic (exact) mass is 468 g/mol. The summed E-state index contributed by atoms with van der Waals surface area (Å²) >= 11 is 9.27. The normalized spacial score (nSPS) is 23.6. The van der Waals surface area contributed by atoms with Gasteiger partial charge in [0.15, 0.2) is 0 Å². The van der Waals surface area contributed by atoms with Crippen LogP contribution in [0.25, 0.3) is 0 Å². The van der Waals surface area contributed by atoms with Gasteiger partial charge in [-0.25, -0.2) is 4.98 Å². The number of halogens is 2. The summed E-state index contributed by atoms with van der Waals surface area (Å²) in [7, 11) is 0. The molecule has 1 aromatic carbocycles. The van der Waals surface area contributed by atoms with Crippen LogP contribution in [0.15, 0.2) is 30.5 Å². The third kappa shape index (κ3) is 3.90. The zero-order valence-corrected chi connectivity index (χ0v) is 17.8. The van der Waals surface area contributed by atoms with E-state index >= 15 is 0 Å². The smallest absolute Gasteiger partial charge is 0.262 e. The number of carbonyl (C=O) groups excluding carboxylic acids is 2. The van der Waals surface area contributed by atoms with Crippen LogP contribution < -0.4 is 14.8 Å². The maximum Gasteiger partial charge on any atom is 0.262 e. The highest BCUT2D eigenvalue weighted by atomic mass is 35.5. The molecule has 0 bridgehead atoms. The third-order valence-electron chi connectivity index (χ3n) is 5.49. The molecule has 1 aliphatic carbocycles. The van der Waals surface area contributed by atoms with Crippen LogP contribution in [0.2, 0.25) is 10.0 Å². The minimum Gasteiger partial charge on any atom is -0.755 e. The van der Waals surface area contributed by atoms with Crippen molar-refractivity contribution in [2.24, 2.45) is 0 Å². The third-order valence-corrected chi connectivity index (χ3v) is 6.32. The summed E-state index contributed by atoms with van der Waals surface area (Å²) in [5.74, 6) is -0.590. The van der Waals surface area contributed by atoms with E-state index in [9.17, 15) is 18.4 Å². The predicted molar refractivity (Wildman–Crippen MR) is 110 cm³/mol. The second kappa shape index (κ2) is 8.14. The van der Waals surface area contributed by atoms with Crippen LogP contribution in [-0.4, -0.2) is 31.7 Å². The molecule has 1 spiro atoms. The first-order valence-electron chi connectivity index (χ1n) is 9.12. The van der Waals surface area contributed by atoms with E-state index in [2.05, 4.69) is 10.3 Å². The summed E-state index contributed by atoms with van der Waals surface area (Å²) in [6, 6.07) is 6.22. The molecule has 1 saturated carbocycles. The van der Waals surface area contributed by atoms with Gasteiger partial charge in [-0.05, 0) is 55.5 Å². The van der Waals surface area contributed by atoms with Gasteiger partial charge in [0.25, 0.3) is 5.91 Å². The second-order valence-electron chi connectivity index (χ2n) is 7.22. The Hall–Kier alpha value is -2.20. The Morgan fingerprint density at radius 3 is 2.70 bits per heavy atom. The lowest BCUT2D eigenvalue weighted by atomic mass is 9.69. The van der Waals surface area contributed by atoms with Gasteiger partial charge in [-0.15, -0.1) is 0 Å². The Morgan fingerprint density at radius 1 is 1.30 bits per heavy atom. The van der Waals surface area contributed by atoms with Crippen molar-refractivity contribution in [1.29, 1.82) is 0 Å². The summed E-state index contributed by atoms with van der Waals surface area (Å²) in [6.45, 7) is 0. The van der Waals surface area contributed by atoms with E-state index < -0.39 is 22.6 Å². The first-order valence-corrected chi connectivity index (χ1v) is 11.0. The van der Waals surface area contributed by atoms with Crippen molar-refractivity contribution >= 4 is 52.0 Å². The van der Waals surface area contributed by atoms with Gasteiger partial charge in [0.1, 0.15) is 11.1 Å². The molecule has 0 radical (unpaired) electrons. The average molecular weight is 469 g/mol. The quantitative estimate of drug-likeness (QED) is 0.664. The van der Waals surface area contributed by atoms with Gasteiger partial charge in [0.2, 0.25) is 11.8 Å². The van der Waals surface area contributed by atoms with E-state index in [1.54, 1.807) is 18.2 Å². The van der Waals surface area contributed by atoms with Crippen LogP contribution in [0.5, 0.6) is 5.88 Å². The van der Waals surface area contributed by atoms with E-state index in [0.29, 0.717) is 52.9 Å². The molecule has 4 rings (SSSR count). The molecule has 2 aromatic rings. The van der Waals surface area contributed by atoms with Gasteiger partial charge in [0, 0.05) is 28.7 Å². The van der Waals surface area contributed by atoms with Gasteiger partial charge in [-0.2, -0.15) is 0 Å². The largest absolute Gasteiger partial charge is 0.755 e. The summed E-state index contributed by atoms with van der Waals surface area (Å²) in [5.41, 5.74) is 0.697. The molecule has 30 heavy (non-hydrogen) atoms. The van der Waals surface area contributed by atoms with E-state index in [-0.39, 0.29) is 17.6 Å². The first kappa shape index (κ1) is 21.0. The van der Waals surface area contributed by atoms with Crippen LogP contribution in [-0.2, 0) is 21.5 Å². The number of carbonyl (C=O) groups is 2. The molecule has 2 N–H and O–H groups in total. The lowest BCUT2D eigenvalue weighted by molar-refractivity contribution is -0.122. The average Bonchev–Trinajstić information content (AvgIpc) is 2.96. The number of amides is 2. The molecule has 1 aromatic heterocycles. The minimum absolute atomic E-state index is 0.136. The molecule has 2 amide bonds. The number of benzene rings is 1. The molecule has 1 unspecified atom stereocenters. The van der Waals surface area contributed by atoms with Crippen LogP contribution in [0.3, 0.4) is 0 Å². The molecule has 11 heteroatoms. The van der Waals surface area contributed by atoms with Crippen molar-refractivity contribution < 1.29 is 23.1 Å². The van der Waals surface area contributed by atoms with Crippen molar-refractivity contribution in [2.45, 2.75) is 37.2 Å². The van der Waals surface area contributed by atoms with Gasteiger partial charge in [-0.1, -0.05) is 23.2 Å². The SMILES string of the molecule is O=C(NS(=O)[O-])c1ccc2c(c1)C1(CCC(Oc3ncc(Cl)cc3Cl)CC1)C(=O)N2. The Balaban J connectivity index is 1.53. The first-order chi connectivity index (χ1) is 14.3. The Morgan fingerprint density at radius 2 is 2.03 bits per heavy atom. The summed E-state index contributed by atoms with van der Waals surface area (Å²) in [6.07, 6.45) is 3.44. The molecule has 1 aliphatic heterocycles. The number of anilines is 1. The highest BCUT2D eigenvalue weighted by Gasteiger charge is 2.49. The fraction of sp³-hybridized carbons (Fsp3) is 0.316. The minimum atomic E-state index is -2.72. The molecular weight excluding hydrogens is 453 g/mol. The Kier molecular flexibility index (Phi) is 5.71. The molecule has 2 heterocycles. The molecule has 0 saturated heterocycles.